The van der Waals surface area contributed by atoms with Crippen molar-refractivity contribution in [1.29, 1.82) is 0 Å². The van der Waals surface area contributed by atoms with E-state index in [-0.39, 0.29) is 23.7 Å². The Bertz CT molecular complexity index is 495. The zero-order valence-corrected chi connectivity index (χ0v) is 10.3. The molecule has 1 aromatic rings. The molecule has 2 N–H and O–H groups in total. The average molecular weight is 248 g/mol. The van der Waals surface area contributed by atoms with Crippen molar-refractivity contribution in [3.8, 4) is 0 Å². The Morgan fingerprint density at radius 1 is 1.39 bits per heavy atom. The number of rotatable bonds is 2. The van der Waals surface area contributed by atoms with Crippen LogP contribution in [0, 0.1) is 5.82 Å². The number of nitrogens with zero attached hydrogens (tertiary/aromatic N) is 1. The highest BCUT2D eigenvalue weighted by atomic mass is 19.1. The summed E-state index contributed by atoms with van der Waals surface area (Å²) in [6.07, 6.45) is 4.29. The van der Waals surface area contributed by atoms with Crippen molar-refractivity contribution in [1.82, 2.24) is 0 Å². The fourth-order valence-electron chi connectivity index (χ4n) is 3.62. The van der Waals surface area contributed by atoms with Crippen LogP contribution in [0.3, 0.4) is 0 Å². The van der Waals surface area contributed by atoms with Gasteiger partial charge in [-0.1, -0.05) is 18.9 Å². The molecule has 2 aliphatic rings. The van der Waals surface area contributed by atoms with Crippen LogP contribution in [0.25, 0.3) is 0 Å². The van der Waals surface area contributed by atoms with Gasteiger partial charge in [0, 0.05) is 23.2 Å². The molecule has 3 nitrogen and oxygen atoms in total. The van der Waals surface area contributed by atoms with Crippen LogP contribution < -0.4 is 10.6 Å². The predicted molar refractivity (Wildman–Crippen MR) is 68.0 cm³/mol. The molecule has 4 heteroatoms. The number of primary amides is 1. The first-order chi connectivity index (χ1) is 8.62. The normalized spacial score (nSPS) is 20.4. The molecule has 1 heterocycles. The molecule has 0 aromatic heterocycles. The van der Waals surface area contributed by atoms with Gasteiger partial charge < -0.3 is 10.6 Å². The van der Waals surface area contributed by atoms with Crippen LogP contribution in [0.4, 0.5) is 10.1 Å². The van der Waals surface area contributed by atoms with Crippen molar-refractivity contribution in [2.75, 3.05) is 18.0 Å². The molecule has 0 unspecified atom stereocenters. The van der Waals surface area contributed by atoms with Crippen LogP contribution >= 0.6 is 0 Å². The summed E-state index contributed by atoms with van der Waals surface area (Å²) < 4.78 is 14.2. The summed E-state index contributed by atoms with van der Waals surface area (Å²) in [6, 6.07) is 5.12. The monoisotopic (exact) mass is 248 g/mol. The zero-order valence-electron chi connectivity index (χ0n) is 10.3. The van der Waals surface area contributed by atoms with Gasteiger partial charge in [-0.2, -0.15) is 0 Å². The standard InChI is InChI=1S/C14H17FN2O/c15-10-4-3-5-11-13(10)14(6-1-2-7-14)9-17(11)8-12(16)18/h3-5H,1-2,6-9H2,(H2,16,18). The highest BCUT2D eigenvalue weighted by molar-refractivity contribution is 5.81. The van der Waals surface area contributed by atoms with Crippen molar-refractivity contribution in [3.05, 3.63) is 29.6 Å². The number of halogens is 1. The molecule has 0 bridgehead atoms. The smallest absolute Gasteiger partial charge is 0.236 e. The molecule has 18 heavy (non-hydrogen) atoms. The second-order valence-electron chi connectivity index (χ2n) is 5.44. The van der Waals surface area contributed by atoms with Crippen LogP contribution in [0.5, 0.6) is 0 Å². The van der Waals surface area contributed by atoms with Crippen LogP contribution in [0.2, 0.25) is 0 Å². The van der Waals surface area contributed by atoms with Gasteiger partial charge in [0.1, 0.15) is 5.82 Å². The number of benzene rings is 1. The van der Waals surface area contributed by atoms with E-state index in [2.05, 4.69) is 0 Å². The lowest BCUT2D eigenvalue weighted by atomic mass is 9.80. The van der Waals surface area contributed by atoms with Crippen molar-refractivity contribution >= 4 is 11.6 Å². The summed E-state index contributed by atoms with van der Waals surface area (Å²) in [5.41, 5.74) is 6.86. The maximum atomic E-state index is 14.2. The van der Waals surface area contributed by atoms with E-state index < -0.39 is 0 Å². The molecule has 1 aliphatic heterocycles. The summed E-state index contributed by atoms with van der Waals surface area (Å²) in [5, 5.41) is 0. The maximum Gasteiger partial charge on any atom is 0.236 e. The summed E-state index contributed by atoms with van der Waals surface area (Å²) in [4.78, 5) is 13.1. The SMILES string of the molecule is NC(=O)CN1CC2(CCCC2)c2c(F)cccc21. The second-order valence-corrected chi connectivity index (χ2v) is 5.44. The van der Waals surface area contributed by atoms with E-state index in [0.717, 1.165) is 43.5 Å². The fourth-order valence-corrected chi connectivity index (χ4v) is 3.62. The Labute approximate surface area is 106 Å². The number of carbonyl (C=O) groups is 1. The lowest BCUT2D eigenvalue weighted by molar-refractivity contribution is -0.116. The second kappa shape index (κ2) is 3.97. The van der Waals surface area contributed by atoms with Crippen molar-refractivity contribution in [2.24, 2.45) is 5.73 Å². The number of hydrogen-bond acceptors (Lipinski definition) is 2. The van der Waals surface area contributed by atoms with Gasteiger partial charge in [0.25, 0.3) is 0 Å². The summed E-state index contributed by atoms with van der Waals surface area (Å²) in [5.74, 6) is -0.498. The molecule has 1 aromatic carbocycles. The molecular weight excluding hydrogens is 231 g/mol. The number of amides is 1. The molecule has 1 fully saturated rings. The van der Waals surface area contributed by atoms with E-state index in [1.807, 2.05) is 11.0 Å². The largest absolute Gasteiger partial charge is 0.368 e. The first kappa shape index (κ1) is 11.5. The van der Waals surface area contributed by atoms with Gasteiger partial charge in [0.05, 0.1) is 6.54 Å². The lowest BCUT2D eigenvalue weighted by Crippen LogP contribution is -2.37. The third-order valence-electron chi connectivity index (χ3n) is 4.26. The molecule has 0 radical (unpaired) electrons. The minimum Gasteiger partial charge on any atom is -0.368 e. The molecule has 0 atom stereocenters. The van der Waals surface area contributed by atoms with E-state index >= 15 is 0 Å². The van der Waals surface area contributed by atoms with E-state index in [1.165, 1.54) is 6.07 Å². The lowest BCUT2D eigenvalue weighted by Gasteiger charge is -2.25. The van der Waals surface area contributed by atoms with Crippen molar-refractivity contribution in [3.63, 3.8) is 0 Å². The summed E-state index contributed by atoms with van der Waals surface area (Å²) in [7, 11) is 0. The number of anilines is 1. The number of fused-ring (bicyclic) bond motifs is 2. The van der Waals surface area contributed by atoms with Gasteiger partial charge in [0.2, 0.25) is 5.91 Å². The number of nitrogens with two attached hydrogens (primary N) is 1. The van der Waals surface area contributed by atoms with Gasteiger partial charge in [-0.15, -0.1) is 0 Å². The van der Waals surface area contributed by atoms with Crippen molar-refractivity contribution < 1.29 is 9.18 Å². The highest BCUT2D eigenvalue weighted by Gasteiger charge is 2.46. The number of hydrogen-bond donors (Lipinski definition) is 1. The van der Waals surface area contributed by atoms with E-state index in [1.54, 1.807) is 6.07 Å². The first-order valence-electron chi connectivity index (χ1n) is 6.45. The number of carbonyl (C=O) groups excluding carboxylic acids is 1. The molecule has 96 valence electrons. The van der Waals surface area contributed by atoms with Gasteiger partial charge >= 0.3 is 0 Å². The quantitative estimate of drug-likeness (QED) is 0.869. The first-order valence-corrected chi connectivity index (χ1v) is 6.45. The van der Waals surface area contributed by atoms with Crippen LogP contribution in [-0.2, 0) is 10.2 Å². The molecule has 1 aliphatic carbocycles. The summed E-state index contributed by atoms with van der Waals surface area (Å²) >= 11 is 0. The zero-order chi connectivity index (χ0) is 12.8. The highest BCUT2D eigenvalue weighted by Crippen LogP contribution is 2.51. The Morgan fingerprint density at radius 3 is 2.78 bits per heavy atom. The Morgan fingerprint density at radius 2 is 2.11 bits per heavy atom. The Kier molecular flexibility index (Phi) is 2.54. The summed E-state index contributed by atoms with van der Waals surface area (Å²) in [6.45, 7) is 0.907. The van der Waals surface area contributed by atoms with Crippen LogP contribution in [-0.4, -0.2) is 19.0 Å². The van der Waals surface area contributed by atoms with Gasteiger partial charge in [-0.25, -0.2) is 4.39 Å². The van der Waals surface area contributed by atoms with Gasteiger partial charge in [-0.3, -0.25) is 4.79 Å². The van der Waals surface area contributed by atoms with Crippen LogP contribution in [0.1, 0.15) is 31.2 Å². The fraction of sp³-hybridized carbons (Fsp3) is 0.500. The maximum absolute atomic E-state index is 14.2. The van der Waals surface area contributed by atoms with E-state index in [9.17, 15) is 9.18 Å². The van der Waals surface area contributed by atoms with Gasteiger partial charge in [0.15, 0.2) is 0 Å². The predicted octanol–water partition coefficient (Wildman–Crippen LogP) is 1.94. The topological polar surface area (TPSA) is 46.3 Å². The molecule has 1 spiro atoms. The minimum absolute atomic E-state index is 0.0872. The molecule has 1 amide bonds. The Hall–Kier alpha value is -1.58. The van der Waals surface area contributed by atoms with Gasteiger partial charge in [-0.05, 0) is 25.0 Å². The van der Waals surface area contributed by atoms with E-state index in [0.29, 0.717) is 0 Å². The Balaban J connectivity index is 2.07. The third kappa shape index (κ3) is 1.59. The minimum atomic E-state index is -0.361. The van der Waals surface area contributed by atoms with Crippen LogP contribution in [0.15, 0.2) is 18.2 Å². The average Bonchev–Trinajstić information content (AvgIpc) is 2.87. The molecule has 1 saturated carbocycles. The molecular formula is C14H17FN2O. The molecule has 0 saturated heterocycles. The van der Waals surface area contributed by atoms with Crippen molar-refractivity contribution in [2.45, 2.75) is 31.1 Å². The van der Waals surface area contributed by atoms with E-state index in [4.69, 9.17) is 5.73 Å². The third-order valence-corrected chi connectivity index (χ3v) is 4.26. The molecule has 3 rings (SSSR count).